The van der Waals surface area contributed by atoms with E-state index < -0.39 is 5.97 Å². The number of carbonyl (C=O) groups excluding carboxylic acids is 2. The van der Waals surface area contributed by atoms with E-state index in [0.717, 1.165) is 0 Å². The molecule has 4 nitrogen and oxygen atoms in total. The van der Waals surface area contributed by atoms with Crippen LogP contribution in [0.5, 0.6) is 11.5 Å². The molecule has 2 aromatic rings. The molecule has 0 bridgehead atoms. The number of benzene rings is 2. The Hall–Kier alpha value is -2.14. The number of phenols is 1. The van der Waals surface area contributed by atoms with E-state index in [0.29, 0.717) is 22.1 Å². The molecule has 0 atom stereocenters. The van der Waals surface area contributed by atoms with Crippen molar-refractivity contribution in [2.24, 2.45) is 0 Å². The van der Waals surface area contributed by atoms with Crippen LogP contribution >= 0.6 is 15.9 Å². The largest absolute Gasteiger partial charge is 0.507 e. The second kappa shape index (κ2) is 5.88. The van der Waals surface area contributed by atoms with Crippen LogP contribution in [0, 0.1) is 6.92 Å². The van der Waals surface area contributed by atoms with Crippen LogP contribution in [-0.2, 0) is 0 Å². The SMILES string of the molecule is Cc1c(Br)c(C=O)cc(O)c1C(=O)Oc1ccccc1. The van der Waals surface area contributed by atoms with Crippen molar-refractivity contribution in [3.05, 3.63) is 57.6 Å². The van der Waals surface area contributed by atoms with Gasteiger partial charge in [-0.25, -0.2) is 4.79 Å². The summed E-state index contributed by atoms with van der Waals surface area (Å²) < 4.78 is 5.65. The molecule has 0 aliphatic heterocycles. The van der Waals surface area contributed by atoms with Crippen LogP contribution in [-0.4, -0.2) is 17.4 Å². The maximum absolute atomic E-state index is 12.1. The summed E-state index contributed by atoms with van der Waals surface area (Å²) in [5.74, 6) is -0.579. The zero-order valence-corrected chi connectivity index (χ0v) is 12.2. The number of hydrogen-bond donors (Lipinski definition) is 1. The Morgan fingerprint density at radius 2 is 1.95 bits per heavy atom. The second-order valence-electron chi connectivity index (χ2n) is 4.12. The zero-order valence-electron chi connectivity index (χ0n) is 10.6. The Bertz CT molecular complexity index is 665. The predicted octanol–water partition coefficient (Wildman–Crippen LogP) is 3.49. The number of halogens is 1. The standard InChI is InChI=1S/C15H11BrO4/c1-9-13(12(18)7-10(8-17)14(9)16)15(19)20-11-5-3-2-4-6-11/h2-8,18H,1H3. The molecule has 2 aromatic carbocycles. The van der Waals surface area contributed by atoms with Crippen LogP contribution in [0.1, 0.15) is 26.3 Å². The molecule has 0 aromatic heterocycles. The minimum atomic E-state index is -0.677. The normalized spacial score (nSPS) is 10.1. The smallest absolute Gasteiger partial charge is 0.347 e. The Labute approximate surface area is 124 Å². The van der Waals surface area contributed by atoms with Crippen molar-refractivity contribution in [1.29, 1.82) is 0 Å². The van der Waals surface area contributed by atoms with Gasteiger partial charge in [-0.3, -0.25) is 4.79 Å². The van der Waals surface area contributed by atoms with Crippen molar-refractivity contribution >= 4 is 28.2 Å². The first-order valence-electron chi connectivity index (χ1n) is 5.79. The molecule has 0 unspecified atom stereocenters. The lowest BCUT2D eigenvalue weighted by atomic mass is 10.0. The number of para-hydroxylation sites is 1. The molecule has 5 heteroatoms. The highest BCUT2D eigenvalue weighted by atomic mass is 79.9. The Morgan fingerprint density at radius 1 is 1.30 bits per heavy atom. The molecule has 0 saturated heterocycles. The van der Waals surface area contributed by atoms with Crippen LogP contribution in [0.15, 0.2) is 40.9 Å². The minimum absolute atomic E-state index is 0.0336. The van der Waals surface area contributed by atoms with Crippen LogP contribution in [0.25, 0.3) is 0 Å². The molecule has 20 heavy (non-hydrogen) atoms. The molecule has 0 heterocycles. The molecular formula is C15H11BrO4. The molecule has 0 spiro atoms. The van der Waals surface area contributed by atoms with Crippen molar-refractivity contribution in [3.8, 4) is 11.5 Å². The second-order valence-corrected chi connectivity index (χ2v) is 4.91. The third-order valence-corrected chi connectivity index (χ3v) is 3.84. The summed E-state index contributed by atoms with van der Waals surface area (Å²) >= 11 is 3.23. The average Bonchev–Trinajstić information content (AvgIpc) is 2.44. The van der Waals surface area contributed by atoms with Crippen LogP contribution in [0.3, 0.4) is 0 Å². The van der Waals surface area contributed by atoms with E-state index in [2.05, 4.69) is 15.9 Å². The highest BCUT2D eigenvalue weighted by Gasteiger charge is 2.20. The maximum Gasteiger partial charge on any atom is 0.347 e. The van der Waals surface area contributed by atoms with E-state index >= 15 is 0 Å². The quantitative estimate of drug-likeness (QED) is 0.530. The summed E-state index contributed by atoms with van der Waals surface area (Å²) in [5, 5.41) is 9.90. The summed E-state index contributed by atoms with van der Waals surface area (Å²) in [5.41, 5.74) is 0.760. The molecule has 0 aliphatic rings. The number of esters is 1. The van der Waals surface area contributed by atoms with Gasteiger partial charge in [0.1, 0.15) is 17.1 Å². The number of hydrogen-bond acceptors (Lipinski definition) is 4. The molecule has 0 amide bonds. The fourth-order valence-electron chi connectivity index (χ4n) is 1.79. The third-order valence-electron chi connectivity index (χ3n) is 2.79. The van der Waals surface area contributed by atoms with E-state index in [4.69, 9.17) is 4.74 Å². The van der Waals surface area contributed by atoms with Gasteiger partial charge >= 0.3 is 5.97 Å². The molecule has 0 aliphatic carbocycles. The number of phenolic OH excluding ortho intramolecular Hbond substituents is 1. The van der Waals surface area contributed by atoms with Gasteiger partial charge in [0.15, 0.2) is 6.29 Å². The van der Waals surface area contributed by atoms with Crippen molar-refractivity contribution in [3.63, 3.8) is 0 Å². The van der Waals surface area contributed by atoms with Crippen molar-refractivity contribution in [2.75, 3.05) is 0 Å². The maximum atomic E-state index is 12.1. The number of aromatic hydroxyl groups is 1. The zero-order chi connectivity index (χ0) is 14.7. The van der Waals surface area contributed by atoms with E-state index in [9.17, 15) is 14.7 Å². The minimum Gasteiger partial charge on any atom is -0.507 e. The molecule has 102 valence electrons. The Balaban J connectivity index is 2.40. The third kappa shape index (κ3) is 2.72. The lowest BCUT2D eigenvalue weighted by Crippen LogP contribution is -2.11. The van der Waals surface area contributed by atoms with Crippen molar-refractivity contribution in [1.82, 2.24) is 0 Å². The lowest BCUT2D eigenvalue weighted by molar-refractivity contribution is 0.0730. The molecular weight excluding hydrogens is 324 g/mol. The van der Waals surface area contributed by atoms with Crippen molar-refractivity contribution < 1.29 is 19.4 Å². The summed E-state index contributed by atoms with van der Waals surface area (Å²) in [7, 11) is 0. The fraction of sp³-hybridized carbons (Fsp3) is 0.0667. The van der Waals surface area contributed by atoms with E-state index in [1.54, 1.807) is 37.3 Å². The first kappa shape index (κ1) is 14.3. The van der Waals surface area contributed by atoms with Crippen LogP contribution < -0.4 is 4.74 Å². The number of carbonyl (C=O) groups is 2. The van der Waals surface area contributed by atoms with E-state index in [-0.39, 0.29) is 16.9 Å². The Morgan fingerprint density at radius 3 is 2.55 bits per heavy atom. The predicted molar refractivity (Wildman–Crippen MR) is 77.3 cm³/mol. The van der Waals surface area contributed by atoms with Gasteiger partial charge in [0, 0.05) is 10.0 Å². The van der Waals surface area contributed by atoms with E-state index in [1.807, 2.05) is 0 Å². The van der Waals surface area contributed by atoms with Crippen molar-refractivity contribution in [2.45, 2.75) is 6.92 Å². The van der Waals surface area contributed by atoms with Crippen LogP contribution in [0.4, 0.5) is 0 Å². The van der Waals surface area contributed by atoms with Gasteiger partial charge in [-0.1, -0.05) is 18.2 Å². The summed E-state index contributed by atoms with van der Waals surface area (Å²) in [6.45, 7) is 1.62. The van der Waals surface area contributed by atoms with Gasteiger partial charge < -0.3 is 9.84 Å². The molecule has 0 radical (unpaired) electrons. The first-order valence-corrected chi connectivity index (χ1v) is 6.58. The van der Waals surface area contributed by atoms with Gasteiger partial charge in [0.05, 0.1) is 0 Å². The van der Waals surface area contributed by atoms with Gasteiger partial charge in [-0.15, -0.1) is 0 Å². The van der Waals surface area contributed by atoms with E-state index in [1.165, 1.54) is 6.07 Å². The molecule has 0 saturated carbocycles. The fourth-order valence-corrected chi connectivity index (χ4v) is 2.20. The summed E-state index contributed by atoms with van der Waals surface area (Å²) in [4.78, 5) is 23.0. The van der Waals surface area contributed by atoms with Gasteiger partial charge in [-0.2, -0.15) is 0 Å². The monoisotopic (exact) mass is 334 g/mol. The molecule has 2 rings (SSSR count). The lowest BCUT2D eigenvalue weighted by Gasteiger charge is -2.11. The highest BCUT2D eigenvalue weighted by Crippen LogP contribution is 2.31. The topological polar surface area (TPSA) is 63.6 Å². The highest BCUT2D eigenvalue weighted by molar-refractivity contribution is 9.10. The molecule has 1 N–H and O–H groups in total. The Kier molecular flexibility index (Phi) is 4.20. The first-order chi connectivity index (χ1) is 9.54. The summed E-state index contributed by atoms with van der Waals surface area (Å²) in [6, 6.07) is 9.78. The average molecular weight is 335 g/mol. The van der Waals surface area contributed by atoms with Gasteiger partial charge in [0.2, 0.25) is 0 Å². The van der Waals surface area contributed by atoms with Gasteiger partial charge in [-0.05, 0) is 46.6 Å². The molecule has 0 fully saturated rings. The number of rotatable bonds is 3. The number of ether oxygens (including phenoxy) is 1. The summed E-state index contributed by atoms with van der Waals surface area (Å²) in [6.07, 6.45) is 0.600. The number of aldehydes is 1. The van der Waals surface area contributed by atoms with Gasteiger partial charge in [0.25, 0.3) is 0 Å². The van der Waals surface area contributed by atoms with Crippen LogP contribution in [0.2, 0.25) is 0 Å².